The zero-order chi connectivity index (χ0) is 18.5. The molecule has 2 aliphatic rings. The average molecular weight is 357 g/mol. The summed E-state index contributed by atoms with van der Waals surface area (Å²) in [6.07, 6.45) is 8.12. The van der Waals surface area contributed by atoms with E-state index in [-0.39, 0.29) is 23.4 Å². The molecule has 1 aliphatic heterocycles. The summed E-state index contributed by atoms with van der Waals surface area (Å²) in [5.74, 6) is -1.02. The first-order valence-corrected chi connectivity index (χ1v) is 9.05. The van der Waals surface area contributed by atoms with E-state index in [1.807, 2.05) is 17.1 Å². The van der Waals surface area contributed by atoms with Gasteiger partial charge in [-0.3, -0.25) is 19.7 Å². The minimum atomic E-state index is -0.498. The molecule has 1 aromatic carbocycles. The van der Waals surface area contributed by atoms with Gasteiger partial charge in [0, 0.05) is 30.9 Å². The standard InChI is InChI=1S/C19H23N3O4/c23-18(20-14-7-6-8-15(13-14)22(25)26)16-9-2-3-10-17(16)19(24)21-11-4-1-5-12-21/h2-3,6-8,13,16-17H,1,4-5,9-12H2,(H,20,23). The van der Waals surface area contributed by atoms with Crippen LogP contribution in [0.25, 0.3) is 0 Å². The highest BCUT2D eigenvalue weighted by molar-refractivity contribution is 5.96. The van der Waals surface area contributed by atoms with E-state index in [2.05, 4.69) is 5.32 Å². The number of nitrogens with zero attached hydrogens (tertiary/aromatic N) is 2. The highest BCUT2D eigenvalue weighted by Gasteiger charge is 2.36. The number of carbonyl (C=O) groups excluding carboxylic acids is 2. The molecular formula is C19H23N3O4. The highest BCUT2D eigenvalue weighted by atomic mass is 16.6. The average Bonchev–Trinajstić information content (AvgIpc) is 2.68. The molecule has 0 radical (unpaired) electrons. The summed E-state index contributed by atoms with van der Waals surface area (Å²) in [7, 11) is 0. The molecule has 2 amide bonds. The predicted octanol–water partition coefficient (Wildman–Crippen LogP) is 3.13. The molecule has 1 N–H and O–H groups in total. The third-order valence-electron chi connectivity index (χ3n) is 5.08. The van der Waals surface area contributed by atoms with Crippen molar-refractivity contribution < 1.29 is 14.5 Å². The zero-order valence-corrected chi connectivity index (χ0v) is 14.6. The lowest BCUT2D eigenvalue weighted by Crippen LogP contribution is -2.45. The Morgan fingerprint density at radius 1 is 1.08 bits per heavy atom. The van der Waals surface area contributed by atoms with Gasteiger partial charge in [-0.25, -0.2) is 0 Å². The second kappa shape index (κ2) is 8.12. The van der Waals surface area contributed by atoms with E-state index >= 15 is 0 Å². The van der Waals surface area contributed by atoms with Gasteiger partial charge in [0.15, 0.2) is 0 Å². The number of nitro benzene ring substituents is 1. The molecule has 1 aliphatic carbocycles. The van der Waals surface area contributed by atoms with Crippen LogP contribution in [0, 0.1) is 22.0 Å². The van der Waals surface area contributed by atoms with Crippen LogP contribution in [0.5, 0.6) is 0 Å². The highest BCUT2D eigenvalue weighted by Crippen LogP contribution is 2.30. The summed E-state index contributed by atoms with van der Waals surface area (Å²) in [5, 5.41) is 13.6. The van der Waals surface area contributed by atoms with Crippen molar-refractivity contribution in [2.45, 2.75) is 32.1 Å². The molecule has 0 aromatic heterocycles. The van der Waals surface area contributed by atoms with Crippen LogP contribution in [0.1, 0.15) is 32.1 Å². The van der Waals surface area contributed by atoms with Crippen molar-refractivity contribution in [3.8, 4) is 0 Å². The molecule has 138 valence electrons. The Kier molecular flexibility index (Phi) is 5.65. The van der Waals surface area contributed by atoms with Crippen molar-refractivity contribution in [3.63, 3.8) is 0 Å². The number of nitro groups is 1. The molecule has 0 saturated carbocycles. The molecule has 7 heteroatoms. The van der Waals surface area contributed by atoms with Crippen molar-refractivity contribution in [1.29, 1.82) is 0 Å². The third-order valence-corrected chi connectivity index (χ3v) is 5.08. The number of anilines is 1. The van der Waals surface area contributed by atoms with E-state index in [1.165, 1.54) is 18.2 Å². The molecular weight excluding hydrogens is 334 g/mol. The molecule has 0 spiro atoms. The van der Waals surface area contributed by atoms with Gasteiger partial charge >= 0.3 is 0 Å². The number of non-ortho nitro benzene ring substituents is 1. The molecule has 3 rings (SSSR count). The fraction of sp³-hybridized carbons (Fsp3) is 0.474. The van der Waals surface area contributed by atoms with E-state index < -0.39 is 10.8 Å². The maximum atomic E-state index is 12.9. The summed E-state index contributed by atoms with van der Waals surface area (Å²) in [4.78, 5) is 37.9. The zero-order valence-electron chi connectivity index (χ0n) is 14.6. The number of hydrogen-bond donors (Lipinski definition) is 1. The molecule has 26 heavy (non-hydrogen) atoms. The summed E-state index contributed by atoms with van der Waals surface area (Å²) < 4.78 is 0. The normalized spacial score (nSPS) is 22.7. The smallest absolute Gasteiger partial charge is 0.271 e. The first-order chi connectivity index (χ1) is 12.6. The minimum absolute atomic E-state index is 0.0493. The van der Waals surface area contributed by atoms with Crippen molar-refractivity contribution in [1.82, 2.24) is 4.90 Å². The van der Waals surface area contributed by atoms with E-state index in [0.717, 1.165) is 32.4 Å². The number of carbonyl (C=O) groups is 2. The van der Waals surface area contributed by atoms with Gasteiger partial charge in [-0.1, -0.05) is 18.2 Å². The van der Waals surface area contributed by atoms with Gasteiger partial charge in [0.05, 0.1) is 16.8 Å². The van der Waals surface area contributed by atoms with Gasteiger partial charge in [-0.05, 0) is 38.2 Å². The number of rotatable bonds is 4. The number of nitrogens with one attached hydrogen (secondary N) is 1. The van der Waals surface area contributed by atoms with Crippen molar-refractivity contribution in [3.05, 3.63) is 46.5 Å². The van der Waals surface area contributed by atoms with Gasteiger partial charge in [-0.15, -0.1) is 0 Å². The summed E-state index contributed by atoms with van der Waals surface area (Å²) in [6.45, 7) is 1.52. The van der Waals surface area contributed by atoms with Crippen LogP contribution >= 0.6 is 0 Å². The topological polar surface area (TPSA) is 92.5 Å². The summed E-state index contributed by atoms with van der Waals surface area (Å²) in [6, 6.07) is 5.86. The maximum absolute atomic E-state index is 12.9. The Labute approximate surface area is 152 Å². The Morgan fingerprint density at radius 3 is 2.46 bits per heavy atom. The molecule has 1 heterocycles. The van der Waals surface area contributed by atoms with Crippen LogP contribution in [0.4, 0.5) is 11.4 Å². The molecule has 2 atom stereocenters. The first-order valence-electron chi connectivity index (χ1n) is 9.05. The number of amides is 2. The lowest BCUT2D eigenvalue weighted by atomic mass is 9.81. The van der Waals surface area contributed by atoms with E-state index in [1.54, 1.807) is 6.07 Å². The van der Waals surface area contributed by atoms with Crippen LogP contribution in [0.15, 0.2) is 36.4 Å². The van der Waals surface area contributed by atoms with Crippen molar-refractivity contribution >= 4 is 23.2 Å². The lowest BCUT2D eigenvalue weighted by molar-refractivity contribution is -0.384. The molecule has 7 nitrogen and oxygen atoms in total. The summed E-state index contributed by atoms with van der Waals surface area (Å²) in [5.41, 5.74) is 0.301. The molecule has 1 fully saturated rings. The van der Waals surface area contributed by atoms with Crippen LogP contribution < -0.4 is 5.32 Å². The Morgan fingerprint density at radius 2 is 1.77 bits per heavy atom. The monoisotopic (exact) mass is 357 g/mol. The minimum Gasteiger partial charge on any atom is -0.342 e. The number of likely N-dealkylation sites (tertiary alicyclic amines) is 1. The van der Waals surface area contributed by atoms with Gasteiger partial charge < -0.3 is 10.2 Å². The molecule has 1 aromatic rings. The van der Waals surface area contributed by atoms with Crippen LogP contribution in [0.2, 0.25) is 0 Å². The number of allylic oxidation sites excluding steroid dienone is 2. The number of hydrogen-bond acceptors (Lipinski definition) is 4. The van der Waals surface area contributed by atoms with Crippen LogP contribution in [-0.2, 0) is 9.59 Å². The van der Waals surface area contributed by atoms with Gasteiger partial charge in [-0.2, -0.15) is 0 Å². The lowest BCUT2D eigenvalue weighted by Gasteiger charge is -2.34. The van der Waals surface area contributed by atoms with Crippen molar-refractivity contribution in [2.75, 3.05) is 18.4 Å². The predicted molar refractivity (Wildman–Crippen MR) is 97.5 cm³/mol. The SMILES string of the molecule is O=C(Nc1cccc([N+](=O)[O-])c1)C1CC=CCC1C(=O)N1CCCCC1. The Bertz CT molecular complexity index is 725. The fourth-order valence-electron chi connectivity index (χ4n) is 3.66. The fourth-order valence-corrected chi connectivity index (χ4v) is 3.66. The van der Waals surface area contributed by atoms with Crippen LogP contribution in [0.3, 0.4) is 0 Å². The first kappa shape index (κ1) is 18.1. The third kappa shape index (κ3) is 4.09. The molecule has 2 unspecified atom stereocenters. The van der Waals surface area contributed by atoms with E-state index in [4.69, 9.17) is 0 Å². The van der Waals surface area contributed by atoms with Crippen molar-refractivity contribution in [2.24, 2.45) is 11.8 Å². The Hall–Kier alpha value is -2.70. The number of piperidine rings is 1. The van der Waals surface area contributed by atoms with Gasteiger partial charge in [0.1, 0.15) is 0 Å². The summed E-state index contributed by atoms with van der Waals surface area (Å²) >= 11 is 0. The quantitative estimate of drug-likeness (QED) is 0.509. The van der Waals surface area contributed by atoms with Crippen LogP contribution in [-0.4, -0.2) is 34.7 Å². The van der Waals surface area contributed by atoms with E-state index in [0.29, 0.717) is 18.5 Å². The molecule has 1 saturated heterocycles. The van der Waals surface area contributed by atoms with E-state index in [9.17, 15) is 19.7 Å². The second-order valence-corrected chi connectivity index (χ2v) is 6.84. The molecule has 0 bridgehead atoms. The Balaban J connectivity index is 1.71. The van der Waals surface area contributed by atoms with Gasteiger partial charge in [0.2, 0.25) is 11.8 Å². The maximum Gasteiger partial charge on any atom is 0.271 e. The largest absolute Gasteiger partial charge is 0.342 e. The van der Waals surface area contributed by atoms with Gasteiger partial charge in [0.25, 0.3) is 5.69 Å². The second-order valence-electron chi connectivity index (χ2n) is 6.84. The number of benzene rings is 1.